The third kappa shape index (κ3) is 2.60. The van der Waals surface area contributed by atoms with Gasteiger partial charge >= 0.3 is 0 Å². The lowest BCUT2D eigenvalue weighted by Crippen LogP contribution is -2.63. The Morgan fingerprint density at radius 1 is 0.742 bits per heavy atom. The predicted molar refractivity (Wildman–Crippen MR) is 131 cm³/mol. The highest BCUT2D eigenvalue weighted by Crippen LogP contribution is 2.75. The van der Waals surface area contributed by atoms with E-state index in [1.54, 1.807) is 0 Å². The van der Waals surface area contributed by atoms with E-state index in [0.29, 0.717) is 27.6 Å². The van der Waals surface area contributed by atoms with Gasteiger partial charge in [0.2, 0.25) is 0 Å². The van der Waals surface area contributed by atoms with Crippen LogP contribution in [0.2, 0.25) is 0 Å². The van der Waals surface area contributed by atoms with E-state index in [1.165, 1.54) is 57.8 Å². The fourth-order valence-electron chi connectivity index (χ4n) is 11.2. The highest BCUT2D eigenvalue weighted by molar-refractivity contribution is 5.38. The lowest BCUT2D eigenvalue weighted by molar-refractivity contribution is -0.204. The third-order valence-electron chi connectivity index (χ3n) is 13.2. The molecule has 0 aromatic rings. The van der Waals surface area contributed by atoms with Crippen LogP contribution in [0.3, 0.4) is 0 Å². The number of hydrogen-bond donors (Lipinski definition) is 1. The summed E-state index contributed by atoms with van der Waals surface area (Å²) >= 11 is 0. The van der Waals surface area contributed by atoms with Crippen molar-refractivity contribution in [2.24, 2.45) is 50.7 Å². The van der Waals surface area contributed by atoms with Crippen molar-refractivity contribution < 1.29 is 5.11 Å². The maximum atomic E-state index is 10.9. The number of aliphatic hydroxyl groups excluding tert-OH is 1. The van der Waals surface area contributed by atoms with E-state index in [0.717, 1.165) is 24.2 Å². The van der Waals surface area contributed by atoms with Gasteiger partial charge in [-0.05, 0) is 115 Å². The van der Waals surface area contributed by atoms with Gasteiger partial charge < -0.3 is 5.11 Å². The molecule has 0 spiro atoms. The summed E-state index contributed by atoms with van der Waals surface area (Å²) in [5.41, 5.74) is 5.61. The van der Waals surface area contributed by atoms with E-state index in [1.807, 2.05) is 11.1 Å². The summed E-state index contributed by atoms with van der Waals surface area (Å²) in [5.74, 6) is 3.18. The van der Waals surface area contributed by atoms with Gasteiger partial charge in [0.1, 0.15) is 0 Å². The molecule has 0 aliphatic heterocycles. The minimum absolute atomic E-state index is 0.0645. The highest BCUT2D eigenvalue weighted by Gasteiger charge is 2.67. The lowest BCUT2D eigenvalue weighted by Gasteiger charge is -2.70. The Hall–Kier alpha value is -0.300. The molecule has 1 N–H and O–H groups in total. The Morgan fingerprint density at radius 2 is 1.42 bits per heavy atom. The van der Waals surface area contributed by atoms with Crippen molar-refractivity contribution in [2.75, 3.05) is 0 Å². The molecule has 0 heterocycles. The molecule has 0 radical (unpaired) electrons. The van der Waals surface area contributed by atoms with Gasteiger partial charge in [0.25, 0.3) is 0 Å². The van der Waals surface area contributed by atoms with Gasteiger partial charge in [-0.3, -0.25) is 0 Å². The average molecular weight is 427 g/mol. The number of fused-ring (bicyclic) bond motifs is 6. The van der Waals surface area contributed by atoms with Crippen LogP contribution >= 0.6 is 0 Å². The summed E-state index contributed by atoms with van der Waals surface area (Å²) in [6, 6.07) is 0. The van der Waals surface area contributed by atoms with Gasteiger partial charge in [-0.1, -0.05) is 66.5 Å². The first-order valence-electron chi connectivity index (χ1n) is 13.7. The Morgan fingerprint density at radius 3 is 2.10 bits per heavy atom. The maximum absolute atomic E-state index is 10.9. The van der Waals surface area contributed by atoms with Crippen LogP contribution in [0, 0.1) is 50.7 Å². The zero-order valence-corrected chi connectivity index (χ0v) is 21.9. The fraction of sp³-hybridized carbons (Fsp3) is 0.933. The normalized spacial score (nSPS) is 53.6. The maximum Gasteiger partial charge on any atom is 0.0594 e. The van der Waals surface area contributed by atoms with Crippen LogP contribution in [0.25, 0.3) is 0 Å². The molecule has 5 aliphatic carbocycles. The zero-order chi connectivity index (χ0) is 22.6. The summed E-state index contributed by atoms with van der Waals surface area (Å²) < 4.78 is 0. The monoisotopic (exact) mass is 426 g/mol. The van der Waals surface area contributed by atoms with Crippen molar-refractivity contribution in [3.8, 4) is 0 Å². The van der Waals surface area contributed by atoms with Crippen LogP contribution in [-0.2, 0) is 0 Å². The van der Waals surface area contributed by atoms with Gasteiger partial charge in [0.05, 0.1) is 6.10 Å². The molecule has 31 heavy (non-hydrogen) atoms. The van der Waals surface area contributed by atoms with Crippen molar-refractivity contribution in [3.05, 3.63) is 11.1 Å². The molecule has 5 rings (SSSR count). The number of allylic oxidation sites excluding steroid dienone is 2. The Labute approximate surface area is 192 Å². The number of aliphatic hydroxyl groups is 1. The molecule has 4 fully saturated rings. The molecule has 5 aliphatic rings. The van der Waals surface area contributed by atoms with E-state index in [-0.39, 0.29) is 11.5 Å². The largest absolute Gasteiger partial charge is 0.393 e. The quantitative estimate of drug-likeness (QED) is 0.419. The number of rotatable bonds is 1. The summed E-state index contributed by atoms with van der Waals surface area (Å²) in [7, 11) is 0. The molecule has 1 nitrogen and oxygen atoms in total. The molecule has 0 saturated heterocycles. The first-order chi connectivity index (χ1) is 14.3. The van der Waals surface area contributed by atoms with Crippen molar-refractivity contribution in [1.82, 2.24) is 0 Å². The molecular formula is C30H50O. The molecular weight excluding hydrogens is 376 g/mol. The topological polar surface area (TPSA) is 20.2 Å². The van der Waals surface area contributed by atoms with Crippen molar-refractivity contribution in [2.45, 2.75) is 126 Å². The molecule has 0 unspecified atom stereocenters. The van der Waals surface area contributed by atoms with E-state index in [2.05, 4.69) is 55.4 Å². The van der Waals surface area contributed by atoms with E-state index < -0.39 is 0 Å². The minimum atomic E-state index is -0.117. The molecule has 0 amide bonds. The van der Waals surface area contributed by atoms with Crippen molar-refractivity contribution in [1.29, 1.82) is 0 Å². The van der Waals surface area contributed by atoms with Crippen LogP contribution in [-0.4, -0.2) is 11.2 Å². The second kappa shape index (κ2) is 6.64. The molecule has 0 aromatic heterocycles. The van der Waals surface area contributed by atoms with Gasteiger partial charge in [0, 0.05) is 0 Å². The fourth-order valence-corrected chi connectivity index (χ4v) is 11.2. The minimum Gasteiger partial charge on any atom is -0.393 e. The van der Waals surface area contributed by atoms with E-state index in [9.17, 15) is 5.11 Å². The summed E-state index contributed by atoms with van der Waals surface area (Å²) in [5, 5.41) is 10.9. The third-order valence-corrected chi connectivity index (χ3v) is 13.2. The van der Waals surface area contributed by atoms with Crippen LogP contribution in [0.15, 0.2) is 11.1 Å². The first-order valence-corrected chi connectivity index (χ1v) is 13.7. The summed E-state index contributed by atoms with van der Waals surface area (Å²) in [6.07, 6.45) is 13.2. The number of hydrogen-bond acceptors (Lipinski definition) is 1. The smallest absolute Gasteiger partial charge is 0.0594 e. The Balaban J connectivity index is 1.57. The second-order valence-electron chi connectivity index (χ2n) is 14.6. The van der Waals surface area contributed by atoms with Crippen LogP contribution < -0.4 is 0 Å². The average Bonchev–Trinajstić information content (AvgIpc) is 3.03. The Bertz CT molecular complexity index is 790. The van der Waals surface area contributed by atoms with Crippen molar-refractivity contribution in [3.63, 3.8) is 0 Å². The Kier molecular flexibility index (Phi) is 4.82. The van der Waals surface area contributed by atoms with E-state index >= 15 is 0 Å². The first kappa shape index (κ1) is 22.5. The van der Waals surface area contributed by atoms with Gasteiger partial charge in [-0.15, -0.1) is 0 Å². The van der Waals surface area contributed by atoms with Crippen LogP contribution in [0.5, 0.6) is 0 Å². The summed E-state index contributed by atoms with van der Waals surface area (Å²) in [6.45, 7) is 20.4. The summed E-state index contributed by atoms with van der Waals surface area (Å²) in [4.78, 5) is 0. The van der Waals surface area contributed by atoms with Gasteiger partial charge in [0.15, 0.2) is 0 Å². The highest BCUT2D eigenvalue weighted by atomic mass is 16.3. The lowest BCUT2D eigenvalue weighted by atomic mass is 9.34. The van der Waals surface area contributed by atoms with Crippen LogP contribution in [0.1, 0.15) is 120 Å². The van der Waals surface area contributed by atoms with Gasteiger partial charge in [-0.25, -0.2) is 0 Å². The molecule has 4 saturated carbocycles. The molecule has 176 valence electrons. The standard InChI is InChI=1S/C30H50O/c1-19(2)20-9-10-21-22-11-12-24-28(6)15-14-25(31)26(3,4)23(28)13-16-30(24,8)29(22,7)18-17-27(20,21)5/h19-20,23-25,31H,9-18H2,1-8H3/t20-,23+,24+,25-,27-,28-,29-,30-/m0/s1. The zero-order valence-electron chi connectivity index (χ0n) is 21.9. The predicted octanol–water partition coefficient (Wildman–Crippen LogP) is 8.17. The van der Waals surface area contributed by atoms with E-state index in [4.69, 9.17) is 0 Å². The molecule has 0 bridgehead atoms. The van der Waals surface area contributed by atoms with Gasteiger partial charge in [-0.2, -0.15) is 0 Å². The van der Waals surface area contributed by atoms with Crippen molar-refractivity contribution >= 4 is 0 Å². The SMILES string of the molecule is CC(C)[C@@H]1CCC2=C3CC[C@@H]4[C@@]5(C)CC[C@H](O)C(C)(C)[C@H]5CC[C@]4(C)[C@@]3(C)CC[C@]21C. The molecule has 8 atom stereocenters. The van der Waals surface area contributed by atoms with Crippen LogP contribution in [0.4, 0.5) is 0 Å². The molecule has 1 heteroatoms. The second-order valence-corrected chi connectivity index (χ2v) is 14.6. The molecule has 0 aromatic carbocycles.